The van der Waals surface area contributed by atoms with Crippen molar-refractivity contribution in [1.29, 1.82) is 0 Å². The van der Waals surface area contributed by atoms with Crippen LogP contribution in [0.2, 0.25) is 0 Å². The first kappa shape index (κ1) is 12.9. The number of benzene rings is 1. The van der Waals surface area contributed by atoms with E-state index >= 15 is 0 Å². The van der Waals surface area contributed by atoms with Gasteiger partial charge in [-0.2, -0.15) is 0 Å². The van der Waals surface area contributed by atoms with E-state index in [4.69, 9.17) is 5.11 Å². The summed E-state index contributed by atoms with van der Waals surface area (Å²) in [5.41, 5.74) is -0.595. The van der Waals surface area contributed by atoms with E-state index in [1.165, 1.54) is 18.2 Å². The molecule has 0 amide bonds. The van der Waals surface area contributed by atoms with Crippen LogP contribution in [0, 0.1) is 17.5 Å². The van der Waals surface area contributed by atoms with Crippen molar-refractivity contribution in [3.05, 3.63) is 53.5 Å². The van der Waals surface area contributed by atoms with Crippen LogP contribution in [-0.2, 0) is 0 Å². The van der Waals surface area contributed by atoms with Crippen LogP contribution in [0.25, 0.3) is 0 Å². The Bertz CT molecular complexity index is 647. The third-order valence-corrected chi connectivity index (χ3v) is 2.27. The predicted molar refractivity (Wildman–Crippen MR) is 60.8 cm³/mol. The Morgan fingerprint density at radius 1 is 1.11 bits per heavy atom. The number of aromatic nitrogens is 1. The minimum atomic E-state index is -1.61. The molecule has 98 valence electrons. The van der Waals surface area contributed by atoms with Gasteiger partial charge in [-0.15, -0.1) is 0 Å². The van der Waals surface area contributed by atoms with Gasteiger partial charge in [0.1, 0.15) is 5.82 Å². The first-order valence-electron chi connectivity index (χ1n) is 5.10. The van der Waals surface area contributed by atoms with E-state index in [-0.39, 0.29) is 17.2 Å². The highest BCUT2D eigenvalue weighted by molar-refractivity contribution is 5.85. The lowest BCUT2D eigenvalue weighted by Crippen LogP contribution is -2.04. The van der Waals surface area contributed by atoms with Crippen molar-refractivity contribution >= 4 is 17.5 Å². The standard InChI is InChI=1S/C12H7F3N2O2/c13-6-4-5-7(11(15)10(6)14)16-9-3-1-2-8(17-9)12(18)19/h1-5H,(H,16,17)(H,18,19). The third-order valence-electron chi connectivity index (χ3n) is 2.27. The van der Waals surface area contributed by atoms with Gasteiger partial charge in [0.05, 0.1) is 5.69 Å². The van der Waals surface area contributed by atoms with Crippen molar-refractivity contribution in [2.45, 2.75) is 0 Å². The van der Waals surface area contributed by atoms with Crippen molar-refractivity contribution in [3.63, 3.8) is 0 Å². The number of nitrogens with zero attached hydrogens (tertiary/aromatic N) is 1. The molecular weight excluding hydrogens is 261 g/mol. The zero-order valence-electron chi connectivity index (χ0n) is 9.32. The molecule has 1 aromatic heterocycles. The molecule has 0 bridgehead atoms. The number of carboxylic acids is 1. The molecule has 19 heavy (non-hydrogen) atoms. The zero-order chi connectivity index (χ0) is 14.0. The van der Waals surface area contributed by atoms with Crippen molar-refractivity contribution in [3.8, 4) is 0 Å². The largest absolute Gasteiger partial charge is 0.477 e. The Kier molecular flexibility index (Phi) is 3.37. The minimum Gasteiger partial charge on any atom is -0.477 e. The average molecular weight is 268 g/mol. The van der Waals surface area contributed by atoms with E-state index in [9.17, 15) is 18.0 Å². The molecule has 1 aromatic carbocycles. The number of anilines is 2. The van der Waals surface area contributed by atoms with Gasteiger partial charge in [-0.3, -0.25) is 0 Å². The second kappa shape index (κ2) is 4.97. The van der Waals surface area contributed by atoms with Gasteiger partial charge in [0.25, 0.3) is 0 Å². The van der Waals surface area contributed by atoms with Gasteiger partial charge in [-0.25, -0.2) is 22.9 Å². The maximum atomic E-state index is 13.4. The molecule has 2 aromatic rings. The summed E-state index contributed by atoms with van der Waals surface area (Å²) in [4.78, 5) is 14.4. The van der Waals surface area contributed by atoms with E-state index in [2.05, 4.69) is 10.3 Å². The normalized spacial score (nSPS) is 10.3. The molecule has 0 atom stereocenters. The SMILES string of the molecule is O=C(O)c1cccc(Nc2ccc(F)c(F)c2F)n1. The molecule has 0 fully saturated rings. The molecule has 1 heterocycles. The number of rotatable bonds is 3. The van der Waals surface area contributed by atoms with Crippen molar-refractivity contribution in [1.82, 2.24) is 4.98 Å². The van der Waals surface area contributed by atoms with Gasteiger partial charge in [0, 0.05) is 0 Å². The number of nitrogens with one attached hydrogen (secondary N) is 1. The molecule has 0 aliphatic rings. The van der Waals surface area contributed by atoms with E-state index in [1.54, 1.807) is 0 Å². The van der Waals surface area contributed by atoms with Crippen LogP contribution in [0.5, 0.6) is 0 Å². The number of pyridine rings is 1. The molecule has 0 aliphatic carbocycles. The minimum absolute atomic E-state index is 0.00445. The van der Waals surface area contributed by atoms with Crippen LogP contribution < -0.4 is 5.32 Å². The highest BCUT2D eigenvalue weighted by Crippen LogP contribution is 2.22. The molecule has 0 radical (unpaired) electrons. The molecular formula is C12H7F3N2O2. The van der Waals surface area contributed by atoms with Gasteiger partial charge < -0.3 is 10.4 Å². The van der Waals surface area contributed by atoms with Crippen molar-refractivity contribution in [2.24, 2.45) is 0 Å². The lowest BCUT2D eigenvalue weighted by molar-refractivity contribution is 0.0690. The summed E-state index contributed by atoms with van der Waals surface area (Å²) in [5, 5.41) is 11.1. The van der Waals surface area contributed by atoms with Gasteiger partial charge >= 0.3 is 5.97 Å². The van der Waals surface area contributed by atoms with E-state index in [0.29, 0.717) is 0 Å². The van der Waals surface area contributed by atoms with Crippen LogP contribution in [0.1, 0.15) is 10.5 Å². The highest BCUT2D eigenvalue weighted by Gasteiger charge is 2.14. The Balaban J connectivity index is 2.34. The molecule has 0 saturated carbocycles. The third kappa shape index (κ3) is 2.65. The average Bonchev–Trinajstić information content (AvgIpc) is 2.40. The highest BCUT2D eigenvalue weighted by atomic mass is 19.2. The van der Waals surface area contributed by atoms with E-state index in [0.717, 1.165) is 12.1 Å². The topological polar surface area (TPSA) is 62.2 Å². The monoisotopic (exact) mass is 268 g/mol. The molecule has 7 heteroatoms. The van der Waals surface area contributed by atoms with Crippen LogP contribution >= 0.6 is 0 Å². The molecule has 4 nitrogen and oxygen atoms in total. The first-order valence-corrected chi connectivity index (χ1v) is 5.10. The second-order valence-electron chi connectivity index (χ2n) is 3.56. The molecule has 0 saturated heterocycles. The van der Waals surface area contributed by atoms with Gasteiger partial charge in [0.2, 0.25) is 0 Å². The summed E-state index contributed by atoms with van der Waals surface area (Å²) in [6, 6.07) is 5.74. The van der Waals surface area contributed by atoms with Crippen molar-refractivity contribution < 1.29 is 23.1 Å². The van der Waals surface area contributed by atoms with Gasteiger partial charge in [0.15, 0.2) is 23.1 Å². The summed E-state index contributed by atoms with van der Waals surface area (Å²) in [6.45, 7) is 0. The maximum absolute atomic E-state index is 13.4. The number of halogens is 3. The van der Waals surface area contributed by atoms with E-state index in [1.807, 2.05) is 0 Å². The second-order valence-corrected chi connectivity index (χ2v) is 3.56. The van der Waals surface area contributed by atoms with Crippen LogP contribution in [0.4, 0.5) is 24.7 Å². The van der Waals surface area contributed by atoms with Crippen molar-refractivity contribution in [2.75, 3.05) is 5.32 Å². The smallest absolute Gasteiger partial charge is 0.354 e. The molecule has 2 rings (SSSR count). The fourth-order valence-electron chi connectivity index (χ4n) is 1.38. The fraction of sp³-hybridized carbons (Fsp3) is 0. The molecule has 0 spiro atoms. The lowest BCUT2D eigenvalue weighted by atomic mass is 10.2. The zero-order valence-corrected chi connectivity index (χ0v) is 9.32. The Morgan fingerprint density at radius 3 is 2.53 bits per heavy atom. The summed E-state index contributed by atoms with van der Waals surface area (Å²) in [7, 11) is 0. The summed E-state index contributed by atoms with van der Waals surface area (Å²) in [6.07, 6.45) is 0. The van der Waals surface area contributed by atoms with Crippen LogP contribution in [0.3, 0.4) is 0 Å². The molecule has 0 aliphatic heterocycles. The summed E-state index contributed by atoms with van der Waals surface area (Å²) in [5.74, 6) is -5.57. The predicted octanol–water partition coefficient (Wildman–Crippen LogP) is 2.94. The van der Waals surface area contributed by atoms with Gasteiger partial charge in [-0.05, 0) is 24.3 Å². The number of carboxylic acid groups (broad SMARTS) is 1. The summed E-state index contributed by atoms with van der Waals surface area (Å²) >= 11 is 0. The fourth-order valence-corrected chi connectivity index (χ4v) is 1.38. The van der Waals surface area contributed by atoms with Crippen LogP contribution in [-0.4, -0.2) is 16.1 Å². The van der Waals surface area contributed by atoms with E-state index < -0.39 is 23.4 Å². The summed E-state index contributed by atoms with van der Waals surface area (Å²) < 4.78 is 39.1. The first-order chi connectivity index (χ1) is 8.99. The van der Waals surface area contributed by atoms with Crippen LogP contribution in [0.15, 0.2) is 30.3 Å². The maximum Gasteiger partial charge on any atom is 0.354 e. The Labute approximate surface area is 105 Å². The number of hydrogen-bond donors (Lipinski definition) is 2. The number of carbonyl (C=O) groups is 1. The number of hydrogen-bond acceptors (Lipinski definition) is 3. The molecule has 0 unspecified atom stereocenters. The lowest BCUT2D eigenvalue weighted by Gasteiger charge is -2.08. The van der Waals surface area contributed by atoms with Gasteiger partial charge in [-0.1, -0.05) is 6.07 Å². The Hall–Kier alpha value is -2.57. The number of aromatic carboxylic acids is 1. The quantitative estimate of drug-likeness (QED) is 0.840. The Morgan fingerprint density at radius 2 is 1.84 bits per heavy atom. The molecule has 2 N–H and O–H groups in total.